The van der Waals surface area contributed by atoms with Crippen molar-refractivity contribution in [1.82, 2.24) is 0 Å². The summed E-state index contributed by atoms with van der Waals surface area (Å²) in [5.74, 6) is 1.70. The van der Waals surface area contributed by atoms with Crippen LogP contribution in [0.15, 0.2) is 24.3 Å². The molecule has 110 valence electrons. The summed E-state index contributed by atoms with van der Waals surface area (Å²) in [7, 11) is 0. The lowest BCUT2D eigenvalue weighted by molar-refractivity contribution is -0.150. The number of rotatable bonds is 5. The maximum atomic E-state index is 11.7. The summed E-state index contributed by atoms with van der Waals surface area (Å²) < 4.78 is 5.10. The monoisotopic (exact) mass is 274 g/mol. The Morgan fingerprint density at radius 2 is 1.80 bits per heavy atom. The molecule has 2 rings (SSSR count). The molecule has 1 fully saturated rings. The van der Waals surface area contributed by atoms with Crippen LogP contribution in [0.2, 0.25) is 0 Å². The van der Waals surface area contributed by atoms with Gasteiger partial charge in [0.2, 0.25) is 0 Å². The topological polar surface area (TPSA) is 26.3 Å². The van der Waals surface area contributed by atoms with E-state index in [0.717, 1.165) is 12.8 Å². The van der Waals surface area contributed by atoms with E-state index in [4.69, 9.17) is 4.74 Å². The molecule has 1 unspecified atom stereocenters. The second-order valence-electron chi connectivity index (χ2n) is 6.29. The summed E-state index contributed by atoms with van der Waals surface area (Å²) in [5.41, 5.74) is 2.81. The maximum Gasteiger partial charge on any atom is 0.308 e. The standard InChI is InChI=1S/C18H26O2/c1-5-20-18(19)13(4)16-10-17(11-16)15-8-6-14(7-9-15)12(2)3/h6-9,12-13,16-17H,5,10-11H2,1-4H3. The minimum absolute atomic E-state index is 0.0360. The van der Waals surface area contributed by atoms with Crippen LogP contribution in [0, 0.1) is 11.8 Å². The van der Waals surface area contributed by atoms with Gasteiger partial charge >= 0.3 is 5.97 Å². The Morgan fingerprint density at radius 3 is 2.30 bits per heavy atom. The molecule has 1 aliphatic carbocycles. The van der Waals surface area contributed by atoms with Crippen molar-refractivity contribution >= 4 is 5.97 Å². The summed E-state index contributed by atoms with van der Waals surface area (Å²) in [6.45, 7) is 8.78. The van der Waals surface area contributed by atoms with Crippen molar-refractivity contribution in [1.29, 1.82) is 0 Å². The number of hydrogen-bond donors (Lipinski definition) is 0. The van der Waals surface area contributed by atoms with Crippen LogP contribution in [0.5, 0.6) is 0 Å². The van der Waals surface area contributed by atoms with Gasteiger partial charge in [0.15, 0.2) is 0 Å². The van der Waals surface area contributed by atoms with Gasteiger partial charge in [0.25, 0.3) is 0 Å². The minimum atomic E-state index is -0.0360. The summed E-state index contributed by atoms with van der Waals surface area (Å²) >= 11 is 0. The molecular weight excluding hydrogens is 248 g/mol. The van der Waals surface area contributed by atoms with Crippen LogP contribution >= 0.6 is 0 Å². The van der Waals surface area contributed by atoms with E-state index < -0.39 is 0 Å². The average Bonchev–Trinajstić information content (AvgIpc) is 2.37. The molecule has 0 aliphatic heterocycles. The molecule has 1 aliphatic rings. The molecule has 0 radical (unpaired) electrons. The first kappa shape index (κ1) is 15.1. The second-order valence-corrected chi connectivity index (χ2v) is 6.29. The zero-order valence-corrected chi connectivity index (χ0v) is 13.1. The number of carbonyl (C=O) groups is 1. The SMILES string of the molecule is CCOC(=O)C(C)C1CC(c2ccc(C(C)C)cc2)C1. The normalized spacial score (nSPS) is 23.2. The van der Waals surface area contributed by atoms with Crippen LogP contribution in [-0.4, -0.2) is 12.6 Å². The molecule has 0 amide bonds. The first-order valence-corrected chi connectivity index (χ1v) is 7.79. The summed E-state index contributed by atoms with van der Waals surface area (Å²) in [6.07, 6.45) is 2.22. The van der Waals surface area contributed by atoms with Crippen LogP contribution in [0.25, 0.3) is 0 Å². The quantitative estimate of drug-likeness (QED) is 0.739. The molecule has 2 nitrogen and oxygen atoms in total. The third kappa shape index (κ3) is 3.23. The molecular formula is C18H26O2. The van der Waals surface area contributed by atoms with E-state index in [1.165, 1.54) is 11.1 Å². The van der Waals surface area contributed by atoms with Crippen molar-refractivity contribution in [2.24, 2.45) is 11.8 Å². The lowest BCUT2D eigenvalue weighted by Gasteiger charge is -2.38. The number of benzene rings is 1. The summed E-state index contributed by atoms with van der Waals surface area (Å²) in [5, 5.41) is 0. The molecule has 0 saturated heterocycles. The highest BCUT2D eigenvalue weighted by Gasteiger charge is 2.37. The lowest BCUT2D eigenvalue weighted by Crippen LogP contribution is -2.32. The highest BCUT2D eigenvalue weighted by molar-refractivity contribution is 5.72. The third-order valence-electron chi connectivity index (χ3n) is 4.61. The number of esters is 1. The van der Waals surface area contributed by atoms with E-state index in [0.29, 0.717) is 24.4 Å². The molecule has 0 heterocycles. The smallest absolute Gasteiger partial charge is 0.308 e. The van der Waals surface area contributed by atoms with Gasteiger partial charge in [0, 0.05) is 0 Å². The summed E-state index contributed by atoms with van der Waals surface area (Å²) in [4.78, 5) is 11.7. The molecule has 1 aromatic rings. The molecule has 0 bridgehead atoms. The van der Waals surface area contributed by atoms with Gasteiger partial charge in [-0.15, -0.1) is 0 Å². The molecule has 1 atom stereocenters. The van der Waals surface area contributed by atoms with Crippen molar-refractivity contribution in [2.45, 2.75) is 52.4 Å². The Bertz CT molecular complexity index is 441. The summed E-state index contributed by atoms with van der Waals surface area (Å²) in [6, 6.07) is 8.99. The van der Waals surface area contributed by atoms with E-state index in [-0.39, 0.29) is 11.9 Å². The predicted octanol–water partition coefficient (Wildman–Crippen LogP) is 4.50. The van der Waals surface area contributed by atoms with Crippen LogP contribution in [0.1, 0.15) is 63.5 Å². The van der Waals surface area contributed by atoms with Gasteiger partial charge in [0.05, 0.1) is 12.5 Å². The van der Waals surface area contributed by atoms with Gasteiger partial charge in [-0.1, -0.05) is 45.0 Å². The first-order valence-electron chi connectivity index (χ1n) is 7.79. The Morgan fingerprint density at radius 1 is 1.20 bits per heavy atom. The second kappa shape index (κ2) is 6.43. The maximum absolute atomic E-state index is 11.7. The molecule has 2 heteroatoms. The van der Waals surface area contributed by atoms with Crippen LogP contribution in [0.4, 0.5) is 0 Å². The van der Waals surface area contributed by atoms with Crippen molar-refractivity contribution in [3.8, 4) is 0 Å². The molecule has 20 heavy (non-hydrogen) atoms. The Balaban J connectivity index is 1.88. The van der Waals surface area contributed by atoms with E-state index in [9.17, 15) is 4.79 Å². The largest absolute Gasteiger partial charge is 0.466 e. The number of carbonyl (C=O) groups excluding carboxylic acids is 1. The van der Waals surface area contributed by atoms with E-state index >= 15 is 0 Å². The number of ether oxygens (including phenoxy) is 1. The van der Waals surface area contributed by atoms with Gasteiger partial charge in [-0.05, 0) is 48.6 Å². The minimum Gasteiger partial charge on any atom is -0.466 e. The number of hydrogen-bond acceptors (Lipinski definition) is 2. The predicted molar refractivity (Wildman–Crippen MR) is 81.8 cm³/mol. The zero-order chi connectivity index (χ0) is 14.7. The fourth-order valence-electron chi connectivity index (χ4n) is 2.96. The van der Waals surface area contributed by atoms with E-state index in [2.05, 4.69) is 38.1 Å². The van der Waals surface area contributed by atoms with Gasteiger partial charge in [-0.3, -0.25) is 4.79 Å². The fraction of sp³-hybridized carbons (Fsp3) is 0.611. The molecule has 1 saturated carbocycles. The van der Waals surface area contributed by atoms with E-state index in [1.54, 1.807) is 0 Å². The third-order valence-corrected chi connectivity index (χ3v) is 4.61. The highest BCUT2D eigenvalue weighted by atomic mass is 16.5. The van der Waals surface area contributed by atoms with Crippen molar-refractivity contribution in [2.75, 3.05) is 6.61 Å². The van der Waals surface area contributed by atoms with Gasteiger partial charge < -0.3 is 4.74 Å². The highest BCUT2D eigenvalue weighted by Crippen LogP contribution is 2.45. The molecule has 0 aromatic heterocycles. The molecule has 0 N–H and O–H groups in total. The Labute approximate surface area is 122 Å². The van der Waals surface area contributed by atoms with Crippen molar-refractivity contribution in [3.63, 3.8) is 0 Å². The van der Waals surface area contributed by atoms with E-state index in [1.807, 2.05) is 13.8 Å². The first-order chi connectivity index (χ1) is 9.52. The molecule has 1 aromatic carbocycles. The van der Waals surface area contributed by atoms with Crippen LogP contribution in [0.3, 0.4) is 0 Å². The van der Waals surface area contributed by atoms with Gasteiger partial charge in [-0.25, -0.2) is 0 Å². The van der Waals surface area contributed by atoms with Crippen LogP contribution in [-0.2, 0) is 9.53 Å². The average molecular weight is 274 g/mol. The Hall–Kier alpha value is -1.31. The fourth-order valence-corrected chi connectivity index (χ4v) is 2.96. The molecule has 0 spiro atoms. The zero-order valence-electron chi connectivity index (χ0n) is 13.1. The lowest BCUT2D eigenvalue weighted by atomic mass is 9.66. The van der Waals surface area contributed by atoms with Crippen molar-refractivity contribution in [3.05, 3.63) is 35.4 Å². The van der Waals surface area contributed by atoms with Gasteiger partial charge in [0.1, 0.15) is 0 Å². The van der Waals surface area contributed by atoms with Crippen LogP contribution < -0.4 is 0 Å². The van der Waals surface area contributed by atoms with Gasteiger partial charge in [-0.2, -0.15) is 0 Å². The Kier molecular flexibility index (Phi) is 4.85. The van der Waals surface area contributed by atoms with Crippen molar-refractivity contribution < 1.29 is 9.53 Å².